The second-order valence-corrected chi connectivity index (χ2v) is 4.34. The first-order chi connectivity index (χ1) is 7.33. The Morgan fingerprint density at radius 1 is 1.40 bits per heavy atom. The maximum absolute atomic E-state index is 5.25. The molecular formula is C11H22N2OS. The topological polar surface area (TPSA) is 33.3 Å². The monoisotopic (exact) mass is 230 g/mol. The zero-order valence-corrected chi connectivity index (χ0v) is 10.4. The maximum atomic E-state index is 5.25. The summed E-state index contributed by atoms with van der Waals surface area (Å²) < 4.78 is 5.25. The van der Waals surface area contributed by atoms with Crippen molar-refractivity contribution in [3.63, 3.8) is 0 Å². The average molecular weight is 230 g/mol. The Kier molecular flexibility index (Phi) is 6.68. The first-order valence-corrected chi connectivity index (χ1v) is 6.36. The van der Waals surface area contributed by atoms with Crippen molar-refractivity contribution < 1.29 is 4.74 Å². The van der Waals surface area contributed by atoms with Crippen LogP contribution in [0.4, 0.5) is 0 Å². The van der Waals surface area contributed by atoms with Crippen molar-refractivity contribution in [1.29, 1.82) is 0 Å². The molecule has 1 saturated carbocycles. The first kappa shape index (κ1) is 12.7. The smallest absolute Gasteiger partial charge is 0.166 e. The van der Waals surface area contributed by atoms with Gasteiger partial charge in [-0.25, -0.2) is 0 Å². The number of ether oxygens (including phenoxy) is 1. The fourth-order valence-corrected chi connectivity index (χ4v) is 2.10. The summed E-state index contributed by atoms with van der Waals surface area (Å²) in [5.74, 6) is 0. The molecule has 1 rings (SSSR count). The highest BCUT2D eigenvalue weighted by molar-refractivity contribution is 7.80. The second-order valence-electron chi connectivity index (χ2n) is 3.93. The average Bonchev–Trinajstić information content (AvgIpc) is 2.70. The van der Waals surface area contributed by atoms with Gasteiger partial charge in [0.1, 0.15) is 0 Å². The number of nitrogens with one attached hydrogen (secondary N) is 2. The van der Waals surface area contributed by atoms with Crippen LogP contribution < -0.4 is 10.6 Å². The molecule has 15 heavy (non-hydrogen) atoms. The van der Waals surface area contributed by atoms with Crippen molar-refractivity contribution in [2.45, 2.75) is 45.1 Å². The van der Waals surface area contributed by atoms with Crippen LogP contribution in [0.1, 0.15) is 39.0 Å². The highest BCUT2D eigenvalue weighted by atomic mass is 32.1. The van der Waals surface area contributed by atoms with E-state index in [-0.39, 0.29) is 0 Å². The summed E-state index contributed by atoms with van der Waals surface area (Å²) in [4.78, 5) is 0. The summed E-state index contributed by atoms with van der Waals surface area (Å²) in [6.07, 6.45) is 6.22. The molecule has 88 valence electrons. The SMILES string of the molecule is CCOCCCNC(=S)NC1CCCC1. The summed E-state index contributed by atoms with van der Waals surface area (Å²) in [7, 11) is 0. The lowest BCUT2D eigenvalue weighted by Crippen LogP contribution is -2.41. The molecule has 0 spiro atoms. The van der Waals surface area contributed by atoms with Gasteiger partial charge in [0, 0.05) is 25.8 Å². The summed E-state index contributed by atoms with van der Waals surface area (Å²) in [5.41, 5.74) is 0. The van der Waals surface area contributed by atoms with Crippen LogP contribution in [0.3, 0.4) is 0 Å². The Morgan fingerprint density at radius 3 is 2.80 bits per heavy atom. The van der Waals surface area contributed by atoms with Crippen molar-refractivity contribution >= 4 is 17.3 Å². The van der Waals surface area contributed by atoms with E-state index in [1.54, 1.807) is 0 Å². The molecule has 0 heterocycles. The van der Waals surface area contributed by atoms with Gasteiger partial charge in [-0.15, -0.1) is 0 Å². The second kappa shape index (κ2) is 7.88. The van der Waals surface area contributed by atoms with Gasteiger partial charge in [-0.2, -0.15) is 0 Å². The van der Waals surface area contributed by atoms with Crippen LogP contribution in [0.25, 0.3) is 0 Å². The van der Waals surface area contributed by atoms with Crippen molar-refractivity contribution in [3.8, 4) is 0 Å². The minimum absolute atomic E-state index is 0.608. The van der Waals surface area contributed by atoms with Crippen molar-refractivity contribution in [2.24, 2.45) is 0 Å². The van der Waals surface area contributed by atoms with E-state index in [1.165, 1.54) is 25.7 Å². The standard InChI is InChI=1S/C11H22N2OS/c1-2-14-9-5-8-12-11(15)13-10-6-3-4-7-10/h10H,2-9H2,1H3,(H2,12,13,15). The molecule has 0 amide bonds. The number of thiocarbonyl (C=S) groups is 1. The molecule has 1 fully saturated rings. The third-order valence-corrected chi connectivity index (χ3v) is 2.91. The molecule has 0 bridgehead atoms. The molecule has 2 N–H and O–H groups in total. The van der Waals surface area contributed by atoms with Gasteiger partial charge in [0.05, 0.1) is 0 Å². The molecule has 0 saturated heterocycles. The van der Waals surface area contributed by atoms with E-state index in [9.17, 15) is 0 Å². The number of hydrogen-bond acceptors (Lipinski definition) is 2. The van der Waals surface area contributed by atoms with Gasteiger partial charge in [-0.05, 0) is 38.4 Å². The van der Waals surface area contributed by atoms with Gasteiger partial charge < -0.3 is 15.4 Å². The van der Waals surface area contributed by atoms with Gasteiger partial charge in [-0.1, -0.05) is 12.8 Å². The normalized spacial score (nSPS) is 16.6. The Hall–Kier alpha value is -0.350. The lowest BCUT2D eigenvalue weighted by atomic mass is 10.3. The van der Waals surface area contributed by atoms with Gasteiger partial charge in [0.2, 0.25) is 0 Å². The lowest BCUT2D eigenvalue weighted by Gasteiger charge is -2.15. The van der Waals surface area contributed by atoms with E-state index in [1.807, 2.05) is 6.92 Å². The van der Waals surface area contributed by atoms with Crippen LogP contribution in [0.5, 0.6) is 0 Å². The van der Waals surface area contributed by atoms with Crippen LogP contribution in [0, 0.1) is 0 Å². The van der Waals surface area contributed by atoms with Crippen molar-refractivity contribution in [1.82, 2.24) is 10.6 Å². The summed E-state index contributed by atoms with van der Waals surface area (Å²) in [6, 6.07) is 0.608. The zero-order valence-electron chi connectivity index (χ0n) is 9.55. The van der Waals surface area contributed by atoms with E-state index in [2.05, 4.69) is 10.6 Å². The van der Waals surface area contributed by atoms with Gasteiger partial charge in [-0.3, -0.25) is 0 Å². The number of hydrogen-bond donors (Lipinski definition) is 2. The molecule has 4 heteroatoms. The minimum Gasteiger partial charge on any atom is -0.382 e. The lowest BCUT2D eigenvalue weighted by molar-refractivity contribution is 0.145. The maximum Gasteiger partial charge on any atom is 0.166 e. The molecule has 0 aliphatic heterocycles. The van der Waals surface area contributed by atoms with Gasteiger partial charge >= 0.3 is 0 Å². The fourth-order valence-electron chi connectivity index (χ4n) is 1.83. The van der Waals surface area contributed by atoms with E-state index >= 15 is 0 Å². The largest absolute Gasteiger partial charge is 0.382 e. The Bertz CT molecular complexity index is 181. The van der Waals surface area contributed by atoms with Crippen molar-refractivity contribution in [2.75, 3.05) is 19.8 Å². The van der Waals surface area contributed by atoms with Crippen LogP contribution in [0.15, 0.2) is 0 Å². The summed E-state index contributed by atoms with van der Waals surface area (Å²) >= 11 is 5.21. The third kappa shape index (κ3) is 5.95. The highest BCUT2D eigenvalue weighted by Gasteiger charge is 2.14. The Labute approximate surface area is 98.0 Å². The molecule has 0 unspecified atom stereocenters. The molecule has 1 aliphatic rings. The molecule has 1 aliphatic carbocycles. The summed E-state index contributed by atoms with van der Waals surface area (Å²) in [5, 5.41) is 7.36. The molecule has 3 nitrogen and oxygen atoms in total. The van der Waals surface area contributed by atoms with Crippen LogP contribution in [-0.4, -0.2) is 30.9 Å². The van der Waals surface area contributed by atoms with E-state index in [4.69, 9.17) is 17.0 Å². The van der Waals surface area contributed by atoms with Crippen LogP contribution in [0.2, 0.25) is 0 Å². The first-order valence-electron chi connectivity index (χ1n) is 5.95. The third-order valence-electron chi connectivity index (χ3n) is 2.65. The fraction of sp³-hybridized carbons (Fsp3) is 0.909. The van der Waals surface area contributed by atoms with Crippen LogP contribution >= 0.6 is 12.2 Å². The Morgan fingerprint density at radius 2 is 2.13 bits per heavy atom. The molecule has 0 radical (unpaired) electrons. The molecule has 0 aromatic carbocycles. The predicted octanol–water partition coefficient (Wildman–Crippen LogP) is 1.82. The van der Waals surface area contributed by atoms with E-state index < -0.39 is 0 Å². The van der Waals surface area contributed by atoms with E-state index in [0.717, 1.165) is 31.3 Å². The van der Waals surface area contributed by atoms with Crippen LogP contribution in [-0.2, 0) is 4.74 Å². The molecular weight excluding hydrogens is 208 g/mol. The predicted molar refractivity (Wildman–Crippen MR) is 67.1 cm³/mol. The molecule has 0 atom stereocenters. The quantitative estimate of drug-likeness (QED) is 0.539. The summed E-state index contributed by atoms with van der Waals surface area (Å²) in [6.45, 7) is 4.53. The molecule has 0 aromatic heterocycles. The van der Waals surface area contributed by atoms with Gasteiger partial charge in [0.15, 0.2) is 5.11 Å². The van der Waals surface area contributed by atoms with Crippen molar-refractivity contribution in [3.05, 3.63) is 0 Å². The van der Waals surface area contributed by atoms with Gasteiger partial charge in [0.25, 0.3) is 0 Å². The highest BCUT2D eigenvalue weighted by Crippen LogP contribution is 2.17. The number of rotatable bonds is 6. The molecule has 0 aromatic rings. The van der Waals surface area contributed by atoms with E-state index in [0.29, 0.717) is 6.04 Å². The zero-order chi connectivity index (χ0) is 10.9. The minimum atomic E-state index is 0.608. The Balaban J connectivity index is 1.93.